The molecule has 2 aromatic carbocycles. The third-order valence-corrected chi connectivity index (χ3v) is 3.25. The predicted octanol–water partition coefficient (Wildman–Crippen LogP) is 1.20. The van der Waals surface area contributed by atoms with E-state index in [-0.39, 0.29) is 6.61 Å². The zero-order valence-electron chi connectivity index (χ0n) is 12.2. The molecule has 0 saturated carbocycles. The second-order valence-corrected chi connectivity index (χ2v) is 4.94. The van der Waals surface area contributed by atoms with Crippen LogP contribution in [-0.2, 0) is 17.9 Å². The summed E-state index contributed by atoms with van der Waals surface area (Å²) in [6, 6.07) is 16.8. The summed E-state index contributed by atoms with van der Waals surface area (Å²) in [4.78, 5) is 11.0. The minimum Gasteiger partial charge on any atom is -0.489 e. The van der Waals surface area contributed by atoms with Gasteiger partial charge in [-0.25, -0.2) is 0 Å². The lowest BCUT2D eigenvalue weighted by molar-refractivity contribution is -0.120. The van der Waals surface area contributed by atoms with Crippen LogP contribution < -0.4 is 15.8 Å². The third-order valence-electron chi connectivity index (χ3n) is 3.25. The number of amides is 1. The maximum absolute atomic E-state index is 11.0. The van der Waals surface area contributed by atoms with Crippen LogP contribution in [-0.4, -0.2) is 23.7 Å². The van der Waals surface area contributed by atoms with E-state index in [1.165, 1.54) is 0 Å². The smallest absolute Gasteiger partial charge is 0.236 e. The molecule has 1 unspecified atom stereocenters. The van der Waals surface area contributed by atoms with Crippen LogP contribution in [0.15, 0.2) is 54.6 Å². The van der Waals surface area contributed by atoms with E-state index in [0.29, 0.717) is 13.2 Å². The van der Waals surface area contributed by atoms with Gasteiger partial charge in [-0.15, -0.1) is 0 Å². The van der Waals surface area contributed by atoms with Crippen molar-refractivity contribution in [3.63, 3.8) is 0 Å². The first kappa shape index (κ1) is 16.0. The van der Waals surface area contributed by atoms with Crippen molar-refractivity contribution < 1.29 is 14.6 Å². The number of hydrogen-bond acceptors (Lipinski definition) is 4. The third kappa shape index (κ3) is 4.87. The molecule has 5 nitrogen and oxygen atoms in total. The van der Waals surface area contributed by atoms with Crippen LogP contribution in [0, 0.1) is 0 Å². The number of benzene rings is 2. The van der Waals surface area contributed by atoms with Crippen LogP contribution in [0.3, 0.4) is 0 Å². The fraction of sp³-hybridized carbons (Fsp3) is 0.235. The number of nitrogens with two attached hydrogens (primary N) is 1. The van der Waals surface area contributed by atoms with Gasteiger partial charge in [0.15, 0.2) is 0 Å². The van der Waals surface area contributed by atoms with E-state index in [1.807, 2.05) is 54.6 Å². The molecule has 1 atom stereocenters. The van der Waals surface area contributed by atoms with Gasteiger partial charge in [-0.1, -0.05) is 42.5 Å². The highest BCUT2D eigenvalue weighted by Crippen LogP contribution is 2.14. The van der Waals surface area contributed by atoms with Gasteiger partial charge >= 0.3 is 0 Å². The summed E-state index contributed by atoms with van der Waals surface area (Å²) in [5.74, 6) is 0.214. The Morgan fingerprint density at radius 2 is 1.77 bits per heavy atom. The Balaban J connectivity index is 1.83. The van der Waals surface area contributed by atoms with Crippen molar-refractivity contribution in [3.8, 4) is 5.75 Å². The molecule has 22 heavy (non-hydrogen) atoms. The van der Waals surface area contributed by atoms with E-state index in [1.54, 1.807) is 0 Å². The van der Waals surface area contributed by atoms with E-state index >= 15 is 0 Å². The summed E-state index contributed by atoms with van der Waals surface area (Å²) in [5, 5.41) is 11.9. The molecule has 2 aromatic rings. The van der Waals surface area contributed by atoms with E-state index in [4.69, 9.17) is 15.6 Å². The molecule has 0 radical (unpaired) electrons. The number of aliphatic hydroxyl groups excluding tert-OH is 1. The number of ether oxygens (including phenoxy) is 1. The fourth-order valence-corrected chi connectivity index (χ4v) is 1.94. The standard InChI is InChI=1S/C17H20N2O3/c18-17(21)16(11-20)19-10-13-6-8-15(9-7-13)22-12-14-4-2-1-3-5-14/h1-9,16,19-20H,10-12H2,(H2,18,21). The molecule has 0 heterocycles. The number of rotatable bonds is 8. The predicted molar refractivity (Wildman–Crippen MR) is 84.1 cm³/mol. The molecule has 0 aliphatic carbocycles. The molecule has 0 aliphatic heterocycles. The first-order valence-corrected chi connectivity index (χ1v) is 7.08. The Kier molecular flexibility index (Phi) is 5.94. The van der Waals surface area contributed by atoms with Gasteiger partial charge in [-0.2, -0.15) is 0 Å². The van der Waals surface area contributed by atoms with Crippen LogP contribution in [0.25, 0.3) is 0 Å². The van der Waals surface area contributed by atoms with Gasteiger partial charge in [0.25, 0.3) is 0 Å². The zero-order chi connectivity index (χ0) is 15.8. The van der Waals surface area contributed by atoms with Crippen molar-refractivity contribution in [1.29, 1.82) is 0 Å². The number of carbonyl (C=O) groups is 1. The SMILES string of the molecule is NC(=O)C(CO)NCc1ccc(OCc2ccccc2)cc1. The van der Waals surface area contributed by atoms with Gasteiger partial charge < -0.3 is 15.6 Å². The molecule has 2 rings (SSSR count). The van der Waals surface area contributed by atoms with E-state index in [9.17, 15) is 4.79 Å². The Morgan fingerprint density at radius 3 is 2.36 bits per heavy atom. The lowest BCUT2D eigenvalue weighted by Gasteiger charge is -2.13. The minimum atomic E-state index is -0.728. The second-order valence-electron chi connectivity index (χ2n) is 4.94. The van der Waals surface area contributed by atoms with E-state index in [0.717, 1.165) is 16.9 Å². The normalized spacial score (nSPS) is 11.9. The summed E-state index contributed by atoms with van der Waals surface area (Å²) in [5.41, 5.74) is 7.24. The number of primary amides is 1. The minimum absolute atomic E-state index is 0.312. The second kappa shape index (κ2) is 8.17. The highest BCUT2D eigenvalue weighted by Gasteiger charge is 2.12. The molecule has 0 saturated heterocycles. The quantitative estimate of drug-likeness (QED) is 0.684. The molecule has 0 fully saturated rings. The Morgan fingerprint density at radius 1 is 1.09 bits per heavy atom. The van der Waals surface area contributed by atoms with Crippen molar-refractivity contribution in [1.82, 2.24) is 5.32 Å². The van der Waals surface area contributed by atoms with Crippen LogP contribution in [0.5, 0.6) is 5.75 Å². The largest absolute Gasteiger partial charge is 0.489 e. The number of nitrogens with one attached hydrogen (secondary N) is 1. The molecular formula is C17H20N2O3. The molecule has 5 heteroatoms. The average Bonchev–Trinajstić information content (AvgIpc) is 2.55. The molecule has 0 aromatic heterocycles. The Bertz CT molecular complexity index is 585. The van der Waals surface area contributed by atoms with Crippen molar-refractivity contribution in [2.24, 2.45) is 5.73 Å². The van der Waals surface area contributed by atoms with Gasteiger partial charge in [0.1, 0.15) is 18.4 Å². The molecule has 0 bridgehead atoms. The Labute approximate surface area is 129 Å². The van der Waals surface area contributed by atoms with Gasteiger partial charge in [0.2, 0.25) is 5.91 Å². The van der Waals surface area contributed by atoms with Crippen LogP contribution in [0.4, 0.5) is 0 Å². The average molecular weight is 300 g/mol. The summed E-state index contributed by atoms with van der Waals surface area (Å²) in [6.45, 7) is 0.660. The molecule has 116 valence electrons. The summed E-state index contributed by atoms with van der Waals surface area (Å²) in [7, 11) is 0. The van der Waals surface area contributed by atoms with Gasteiger partial charge in [0.05, 0.1) is 6.61 Å². The molecule has 4 N–H and O–H groups in total. The number of carbonyl (C=O) groups excluding carboxylic acids is 1. The van der Waals surface area contributed by atoms with Gasteiger partial charge in [-0.05, 0) is 23.3 Å². The number of aliphatic hydroxyl groups is 1. The summed E-state index contributed by atoms with van der Waals surface area (Å²) in [6.07, 6.45) is 0. The van der Waals surface area contributed by atoms with Crippen molar-refractivity contribution in [2.45, 2.75) is 19.2 Å². The van der Waals surface area contributed by atoms with E-state index < -0.39 is 11.9 Å². The molecule has 0 aliphatic rings. The topological polar surface area (TPSA) is 84.6 Å². The van der Waals surface area contributed by atoms with Crippen molar-refractivity contribution in [2.75, 3.05) is 6.61 Å². The Hall–Kier alpha value is -2.37. The summed E-state index contributed by atoms with van der Waals surface area (Å²) >= 11 is 0. The highest BCUT2D eigenvalue weighted by molar-refractivity contribution is 5.79. The molecule has 0 spiro atoms. The maximum Gasteiger partial charge on any atom is 0.236 e. The fourth-order valence-electron chi connectivity index (χ4n) is 1.94. The number of hydrogen-bond donors (Lipinski definition) is 3. The maximum atomic E-state index is 11.0. The lowest BCUT2D eigenvalue weighted by atomic mass is 10.2. The zero-order valence-corrected chi connectivity index (χ0v) is 12.2. The van der Waals surface area contributed by atoms with E-state index in [2.05, 4.69) is 5.32 Å². The van der Waals surface area contributed by atoms with Crippen molar-refractivity contribution >= 4 is 5.91 Å². The lowest BCUT2D eigenvalue weighted by Crippen LogP contribution is -2.43. The van der Waals surface area contributed by atoms with Crippen LogP contribution in [0.2, 0.25) is 0 Å². The monoisotopic (exact) mass is 300 g/mol. The first-order chi connectivity index (χ1) is 10.7. The van der Waals surface area contributed by atoms with Gasteiger partial charge in [0, 0.05) is 6.54 Å². The van der Waals surface area contributed by atoms with Crippen LogP contribution >= 0.6 is 0 Å². The van der Waals surface area contributed by atoms with Crippen LogP contribution in [0.1, 0.15) is 11.1 Å². The first-order valence-electron chi connectivity index (χ1n) is 7.08. The van der Waals surface area contributed by atoms with Crippen molar-refractivity contribution in [3.05, 3.63) is 65.7 Å². The highest BCUT2D eigenvalue weighted by atomic mass is 16.5. The van der Waals surface area contributed by atoms with Gasteiger partial charge in [-0.3, -0.25) is 10.1 Å². The summed E-state index contributed by atoms with van der Waals surface area (Å²) < 4.78 is 5.70. The molecular weight excluding hydrogens is 280 g/mol. The molecule has 1 amide bonds.